The molecule has 2 saturated heterocycles. The van der Waals surface area contributed by atoms with E-state index in [2.05, 4.69) is 45.5 Å². The van der Waals surface area contributed by atoms with Gasteiger partial charge in [0.25, 0.3) is 0 Å². The van der Waals surface area contributed by atoms with Crippen molar-refractivity contribution >= 4 is 17.7 Å². The lowest BCUT2D eigenvalue weighted by Gasteiger charge is -2.63. The molecule has 1 aromatic rings. The fourth-order valence-electron chi connectivity index (χ4n) is 5.78. The topological polar surface area (TPSA) is 36.9 Å². The van der Waals surface area contributed by atoms with Gasteiger partial charge in [-0.25, -0.2) is 0 Å². The SMILES string of the molecule is CN=C(NC1C2CCOC2C12CCC2)N1CCC(CSc2ccccc2)C1. The van der Waals surface area contributed by atoms with Gasteiger partial charge in [0.2, 0.25) is 0 Å². The Labute approximate surface area is 167 Å². The monoisotopic (exact) mass is 385 g/mol. The van der Waals surface area contributed by atoms with Crippen molar-refractivity contribution < 1.29 is 4.74 Å². The Bertz CT molecular complexity index is 690. The molecule has 0 amide bonds. The second-order valence-corrected chi connectivity index (χ2v) is 9.82. The van der Waals surface area contributed by atoms with Gasteiger partial charge in [-0.15, -0.1) is 11.8 Å². The number of nitrogens with zero attached hydrogens (tertiary/aromatic N) is 2. The molecule has 27 heavy (non-hydrogen) atoms. The summed E-state index contributed by atoms with van der Waals surface area (Å²) in [5, 5.41) is 3.89. The van der Waals surface area contributed by atoms with Gasteiger partial charge in [-0.05, 0) is 43.7 Å². The number of likely N-dealkylation sites (tertiary alicyclic amines) is 1. The van der Waals surface area contributed by atoms with E-state index in [-0.39, 0.29) is 0 Å². The standard InChI is InChI=1S/C22H31N3OS/c1-23-21(24-19-18-9-13-26-20(18)22(19)10-5-11-22)25-12-8-16(14-25)15-27-17-6-3-2-4-7-17/h2-4,6-7,16,18-20H,5,8-15H2,1H3,(H,23,24). The molecule has 2 saturated carbocycles. The summed E-state index contributed by atoms with van der Waals surface area (Å²) in [4.78, 5) is 8.54. The summed E-state index contributed by atoms with van der Waals surface area (Å²) >= 11 is 1.99. The number of thioether (sulfide) groups is 1. The van der Waals surface area contributed by atoms with Crippen LogP contribution in [-0.4, -0.2) is 55.5 Å². The maximum absolute atomic E-state index is 6.08. The van der Waals surface area contributed by atoms with E-state index in [1.807, 2.05) is 18.8 Å². The molecule has 1 aromatic carbocycles. The van der Waals surface area contributed by atoms with Crippen LogP contribution in [0, 0.1) is 17.3 Å². The van der Waals surface area contributed by atoms with Crippen molar-refractivity contribution in [1.29, 1.82) is 0 Å². The molecule has 5 rings (SSSR count). The fraction of sp³-hybridized carbons (Fsp3) is 0.682. The summed E-state index contributed by atoms with van der Waals surface area (Å²) in [7, 11) is 1.95. The number of fused-ring (bicyclic) bond motifs is 2. The van der Waals surface area contributed by atoms with Crippen LogP contribution in [0.1, 0.15) is 32.1 Å². The first-order chi connectivity index (χ1) is 13.3. The second kappa shape index (κ2) is 7.32. The van der Waals surface area contributed by atoms with Gasteiger partial charge in [-0.2, -0.15) is 0 Å². The van der Waals surface area contributed by atoms with Gasteiger partial charge in [0.1, 0.15) is 0 Å². The van der Waals surface area contributed by atoms with Crippen molar-refractivity contribution in [3.8, 4) is 0 Å². The van der Waals surface area contributed by atoms with Gasteiger partial charge in [-0.1, -0.05) is 24.6 Å². The van der Waals surface area contributed by atoms with Gasteiger partial charge < -0.3 is 15.0 Å². The van der Waals surface area contributed by atoms with Crippen LogP contribution in [0.4, 0.5) is 0 Å². The Kier molecular flexibility index (Phi) is 4.85. The van der Waals surface area contributed by atoms with Crippen LogP contribution in [0.3, 0.4) is 0 Å². The van der Waals surface area contributed by atoms with Gasteiger partial charge in [-0.3, -0.25) is 4.99 Å². The second-order valence-electron chi connectivity index (χ2n) is 8.72. The lowest BCUT2D eigenvalue weighted by Crippen LogP contribution is -2.72. The summed E-state index contributed by atoms with van der Waals surface area (Å²) in [6.07, 6.45) is 7.04. The molecule has 1 N–H and O–H groups in total. The first-order valence-corrected chi connectivity index (χ1v) is 11.6. The van der Waals surface area contributed by atoms with E-state index in [4.69, 9.17) is 4.74 Å². The molecular weight excluding hydrogens is 354 g/mol. The van der Waals surface area contributed by atoms with Crippen LogP contribution < -0.4 is 5.32 Å². The highest BCUT2D eigenvalue weighted by molar-refractivity contribution is 7.99. The number of aliphatic imine (C=N–C) groups is 1. The Morgan fingerprint density at radius 3 is 2.89 bits per heavy atom. The van der Waals surface area contributed by atoms with E-state index >= 15 is 0 Å². The van der Waals surface area contributed by atoms with Crippen LogP contribution in [0.5, 0.6) is 0 Å². The molecule has 2 aliphatic carbocycles. The molecule has 4 aliphatic rings. The van der Waals surface area contributed by atoms with Gasteiger partial charge in [0, 0.05) is 54.8 Å². The number of hydrogen-bond acceptors (Lipinski definition) is 3. The smallest absolute Gasteiger partial charge is 0.193 e. The summed E-state index contributed by atoms with van der Waals surface area (Å²) in [5.74, 6) is 3.77. The van der Waals surface area contributed by atoms with Crippen LogP contribution in [0.25, 0.3) is 0 Å². The van der Waals surface area contributed by atoms with E-state index in [1.54, 1.807) is 0 Å². The molecule has 146 valence electrons. The Balaban J connectivity index is 1.17. The highest BCUT2D eigenvalue weighted by atomic mass is 32.2. The van der Waals surface area contributed by atoms with Crippen molar-refractivity contribution in [2.75, 3.05) is 32.5 Å². The van der Waals surface area contributed by atoms with Crippen LogP contribution in [0.2, 0.25) is 0 Å². The third-order valence-electron chi connectivity index (χ3n) is 7.35. The fourth-order valence-corrected chi connectivity index (χ4v) is 6.83. The molecule has 4 nitrogen and oxygen atoms in total. The Morgan fingerprint density at radius 1 is 1.30 bits per heavy atom. The van der Waals surface area contributed by atoms with E-state index < -0.39 is 0 Å². The van der Waals surface area contributed by atoms with Gasteiger partial charge in [0.15, 0.2) is 5.96 Å². The van der Waals surface area contributed by atoms with Crippen molar-refractivity contribution in [3.05, 3.63) is 30.3 Å². The van der Waals surface area contributed by atoms with Crippen molar-refractivity contribution in [2.45, 2.75) is 49.1 Å². The average molecular weight is 386 g/mol. The van der Waals surface area contributed by atoms with E-state index in [1.165, 1.54) is 42.8 Å². The summed E-state index contributed by atoms with van der Waals surface area (Å²) in [6.45, 7) is 3.21. The minimum absolute atomic E-state index is 0.416. The lowest BCUT2D eigenvalue weighted by molar-refractivity contribution is -0.171. The number of guanidine groups is 1. The minimum Gasteiger partial charge on any atom is -0.377 e. The number of nitrogens with one attached hydrogen (secondary N) is 1. The van der Waals surface area contributed by atoms with Gasteiger partial charge >= 0.3 is 0 Å². The predicted molar refractivity (Wildman–Crippen MR) is 111 cm³/mol. The van der Waals surface area contributed by atoms with Crippen molar-refractivity contribution in [1.82, 2.24) is 10.2 Å². The zero-order valence-electron chi connectivity index (χ0n) is 16.3. The largest absolute Gasteiger partial charge is 0.377 e. The molecule has 0 aromatic heterocycles. The molecule has 0 radical (unpaired) electrons. The minimum atomic E-state index is 0.416. The Morgan fingerprint density at radius 2 is 2.15 bits per heavy atom. The third-order valence-corrected chi connectivity index (χ3v) is 8.59. The maximum atomic E-state index is 6.08. The van der Waals surface area contributed by atoms with Crippen LogP contribution >= 0.6 is 11.8 Å². The highest BCUT2D eigenvalue weighted by Crippen LogP contribution is 2.62. The molecule has 0 bridgehead atoms. The number of ether oxygens (including phenoxy) is 1. The van der Waals surface area contributed by atoms with Crippen molar-refractivity contribution in [2.24, 2.45) is 22.2 Å². The first-order valence-electron chi connectivity index (χ1n) is 10.6. The van der Waals surface area contributed by atoms with E-state index in [0.29, 0.717) is 23.5 Å². The molecule has 1 spiro atoms. The number of rotatable bonds is 4. The average Bonchev–Trinajstić information content (AvgIpc) is 3.29. The molecule has 2 heterocycles. The predicted octanol–water partition coefficient (Wildman–Crippen LogP) is 3.63. The normalized spacial score (nSPS) is 34.3. The van der Waals surface area contributed by atoms with Crippen molar-refractivity contribution in [3.63, 3.8) is 0 Å². The molecule has 5 heteroatoms. The summed E-state index contributed by atoms with van der Waals surface area (Å²) in [6, 6.07) is 11.4. The molecule has 4 fully saturated rings. The molecule has 2 aliphatic heterocycles. The zero-order chi connectivity index (χ0) is 18.3. The third kappa shape index (κ3) is 3.07. The number of benzene rings is 1. The molecular formula is C22H31N3OS. The highest BCUT2D eigenvalue weighted by Gasteiger charge is 2.66. The zero-order valence-corrected chi connectivity index (χ0v) is 17.1. The van der Waals surface area contributed by atoms with Crippen LogP contribution in [-0.2, 0) is 4.74 Å². The van der Waals surface area contributed by atoms with E-state index in [9.17, 15) is 0 Å². The number of hydrogen-bond donors (Lipinski definition) is 1. The van der Waals surface area contributed by atoms with E-state index in [0.717, 1.165) is 31.6 Å². The Hall–Kier alpha value is -1.20. The van der Waals surface area contributed by atoms with Crippen LogP contribution in [0.15, 0.2) is 40.2 Å². The maximum Gasteiger partial charge on any atom is 0.193 e. The lowest BCUT2D eigenvalue weighted by atomic mass is 9.46. The summed E-state index contributed by atoms with van der Waals surface area (Å²) in [5.41, 5.74) is 0.416. The summed E-state index contributed by atoms with van der Waals surface area (Å²) < 4.78 is 6.08. The molecule has 4 atom stereocenters. The molecule has 4 unspecified atom stereocenters. The van der Waals surface area contributed by atoms with Gasteiger partial charge in [0.05, 0.1) is 6.10 Å². The quantitative estimate of drug-likeness (QED) is 0.488. The first kappa shape index (κ1) is 17.9.